The first-order chi connectivity index (χ1) is 8.75. The number of nitrogens with zero attached hydrogens (tertiary/aromatic N) is 1. The summed E-state index contributed by atoms with van der Waals surface area (Å²) in [4.78, 5) is 28.5. The number of aryl methyl sites for hydroxylation is 1. The van der Waals surface area contributed by atoms with Crippen LogP contribution in [0.25, 0.3) is 0 Å². The van der Waals surface area contributed by atoms with Crippen LogP contribution in [-0.2, 0) is 9.59 Å². The Kier molecular flexibility index (Phi) is 3.38. The zero-order chi connectivity index (χ0) is 14.4. The number of carbonyl (C=O) groups is 2. The van der Waals surface area contributed by atoms with Crippen LogP contribution in [0, 0.1) is 24.2 Å². The van der Waals surface area contributed by atoms with Crippen LogP contribution >= 0.6 is 11.3 Å². The van der Waals surface area contributed by atoms with Crippen LogP contribution in [0.2, 0.25) is 0 Å². The summed E-state index contributed by atoms with van der Waals surface area (Å²) in [5, 5.41) is 12.8. The summed E-state index contributed by atoms with van der Waals surface area (Å²) in [5.74, 6) is -2.13. The van der Waals surface area contributed by atoms with Gasteiger partial charge < -0.3 is 10.4 Å². The van der Waals surface area contributed by atoms with E-state index in [0.29, 0.717) is 0 Å². The zero-order valence-corrected chi connectivity index (χ0v) is 12.2. The van der Waals surface area contributed by atoms with Crippen molar-refractivity contribution >= 4 is 23.2 Å². The average Bonchev–Trinajstić information content (AvgIpc) is 2.65. The Labute approximate surface area is 116 Å². The van der Waals surface area contributed by atoms with Gasteiger partial charge in [0.15, 0.2) is 0 Å². The van der Waals surface area contributed by atoms with Crippen molar-refractivity contribution in [3.63, 3.8) is 0 Å². The molecule has 2 rings (SSSR count). The molecule has 1 saturated carbocycles. The highest BCUT2D eigenvalue weighted by Crippen LogP contribution is 2.58. The van der Waals surface area contributed by atoms with Crippen LogP contribution in [0.4, 0.5) is 0 Å². The minimum absolute atomic E-state index is 0.183. The lowest BCUT2D eigenvalue weighted by Crippen LogP contribution is -2.29. The number of amides is 1. The smallest absolute Gasteiger partial charge is 0.307 e. The van der Waals surface area contributed by atoms with Gasteiger partial charge in [-0.15, -0.1) is 11.3 Å². The molecule has 3 unspecified atom stereocenters. The summed E-state index contributed by atoms with van der Waals surface area (Å²) < 4.78 is 0. The minimum Gasteiger partial charge on any atom is -0.481 e. The molecule has 0 spiro atoms. The molecule has 0 radical (unpaired) electrons. The summed E-state index contributed by atoms with van der Waals surface area (Å²) in [6.07, 6.45) is 1.77. The molecular weight excluding hydrogens is 264 g/mol. The Morgan fingerprint density at radius 3 is 2.53 bits per heavy atom. The van der Waals surface area contributed by atoms with Crippen molar-refractivity contribution in [3.05, 3.63) is 16.1 Å². The molecule has 2 N–H and O–H groups in total. The third-order valence-corrected chi connectivity index (χ3v) is 4.84. The second kappa shape index (κ2) is 4.59. The Bertz CT molecular complexity index is 524. The first-order valence-electron chi connectivity index (χ1n) is 6.20. The highest BCUT2D eigenvalue weighted by molar-refractivity contribution is 7.11. The molecule has 1 aromatic rings. The summed E-state index contributed by atoms with van der Waals surface area (Å²) >= 11 is 1.53. The van der Waals surface area contributed by atoms with Crippen molar-refractivity contribution in [2.24, 2.45) is 17.3 Å². The van der Waals surface area contributed by atoms with E-state index in [9.17, 15) is 9.59 Å². The normalized spacial score (nSPS) is 25.7. The second-order valence-electron chi connectivity index (χ2n) is 5.65. The van der Waals surface area contributed by atoms with Crippen LogP contribution in [0.15, 0.2) is 6.20 Å². The van der Waals surface area contributed by atoms with Crippen LogP contribution in [0.1, 0.15) is 36.7 Å². The highest BCUT2D eigenvalue weighted by atomic mass is 32.1. The highest BCUT2D eigenvalue weighted by Gasteiger charge is 2.65. The first-order valence-corrected chi connectivity index (χ1v) is 7.02. The molecule has 1 amide bonds. The Hall–Kier alpha value is -1.43. The van der Waals surface area contributed by atoms with Crippen LogP contribution < -0.4 is 5.32 Å². The van der Waals surface area contributed by atoms with Gasteiger partial charge in [0.05, 0.1) is 17.9 Å². The van der Waals surface area contributed by atoms with Gasteiger partial charge in [0.2, 0.25) is 5.91 Å². The molecule has 0 aromatic carbocycles. The van der Waals surface area contributed by atoms with Crippen molar-refractivity contribution < 1.29 is 14.7 Å². The molecule has 6 heteroatoms. The topological polar surface area (TPSA) is 79.3 Å². The number of aliphatic carboxylic acids is 1. The molecule has 1 aliphatic rings. The summed E-state index contributed by atoms with van der Waals surface area (Å²) in [6.45, 7) is 7.45. The van der Waals surface area contributed by atoms with Crippen LogP contribution in [-0.4, -0.2) is 22.0 Å². The lowest BCUT2D eigenvalue weighted by atomic mass is 10.1. The second-order valence-corrected chi connectivity index (χ2v) is 6.92. The molecule has 0 saturated heterocycles. The van der Waals surface area contributed by atoms with E-state index < -0.39 is 23.2 Å². The molecule has 1 heterocycles. The fourth-order valence-corrected chi connectivity index (χ4v) is 3.30. The van der Waals surface area contributed by atoms with E-state index in [0.717, 1.165) is 9.88 Å². The van der Waals surface area contributed by atoms with E-state index in [1.165, 1.54) is 11.3 Å². The lowest BCUT2D eigenvalue weighted by molar-refractivity contribution is -0.140. The van der Waals surface area contributed by atoms with Crippen molar-refractivity contribution in [2.75, 3.05) is 0 Å². The molecule has 3 atom stereocenters. The first kappa shape index (κ1) is 14.0. The lowest BCUT2D eigenvalue weighted by Gasteiger charge is -2.11. The van der Waals surface area contributed by atoms with Crippen molar-refractivity contribution in [3.8, 4) is 0 Å². The average molecular weight is 282 g/mol. The SMILES string of the molecule is Cc1cnc(C(C)NC(=O)C2C(C(=O)O)C2(C)C)s1. The predicted octanol–water partition coefficient (Wildman–Crippen LogP) is 1.99. The molecule has 19 heavy (non-hydrogen) atoms. The molecule has 1 fully saturated rings. The van der Waals surface area contributed by atoms with Gasteiger partial charge in [-0.1, -0.05) is 13.8 Å². The van der Waals surface area contributed by atoms with Gasteiger partial charge in [0.25, 0.3) is 0 Å². The van der Waals surface area contributed by atoms with Gasteiger partial charge in [-0.2, -0.15) is 0 Å². The van der Waals surface area contributed by atoms with E-state index in [1.807, 2.05) is 27.7 Å². The van der Waals surface area contributed by atoms with Crippen molar-refractivity contribution in [1.29, 1.82) is 0 Å². The number of hydrogen-bond donors (Lipinski definition) is 2. The predicted molar refractivity (Wildman–Crippen MR) is 71.8 cm³/mol. The van der Waals surface area contributed by atoms with Crippen LogP contribution in [0.3, 0.4) is 0 Å². The standard InChI is InChI=1S/C13H18N2O3S/c1-6-5-14-11(19-6)7(2)15-10(16)8-9(12(17)18)13(8,3)4/h5,7-9H,1-4H3,(H,15,16)(H,17,18). The molecule has 1 aromatic heterocycles. The number of hydrogen-bond acceptors (Lipinski definition) is 4. The van der Waals surface area contributed by atoms with Crippen LogP contribution in [0.5, 0.6) is 0 Å². The van der Waals surface area contributed by atoms with E-state index in [4.69, 9.17) is 5.11 Å². The fourth-order valence-electron chi connectivity index (χ4n) is 2.53. The molecule has 0 bridgehead atoms. The molecule has 104 valence electrons. The van der Waals surface area contributed by atoms with E-state index >= 15 is 0 Å². The van der Waals surface area contributed by atoms with Gasteiger partial charge in [-0.3, -0.25) is 9.59 Å². The number of aromatic nitrogens is 1. The third-order valence-electron chi connectivity index (χ3n) is 3.74. The number of carbonyl (C=O) groups excluding carboxylic acids is 1. The zero-order valence-electron chi connectivity index (χ0n) is 11.4. The van der Waals surface area contributed by atoms with Gasteiger partial charge >= 0.3 is 5.97 Å². The minimum atomic E-state index is -0.900. The Morgan fingerprint density at radius 2 is 2.11 bits per heavy atom. The number of thiazole rings is 1. The number of carboxylic acids is 1. The third kappa shape index (κ3) is 2.49. The maximum atomic E-state index is 12.1. The van der Waals surface area contributed by atoms with E-state index in [-0.39, 0.29) is 11.9 Å². The monoisotopic (exact) mass is 282 g/mol. The molecule has 5 nitrogen and oxygen atoms in total. The summed E-state index contributed by atoms with van der Waals surface area (Å²) in [5.41, 5.74) is -0.464. The van der Waals surface area contributed by atoms with E-state index in [1.54, 1.807) is 6.20 Å². The summed E-state index contributed by atoms with van der Waals surface area (Å²) in [6, 6.07) is -0.183. The number of rotatable bonds is 4. The van der Waals surface area contributed by atoms with Gasteiger partial charge in [-0.05, 0) is 19.3 Å². The van der Waals surface area contributed by atoms with Crippen molar-refractivity contribution in [2.45, 2.75) is 33.7 Å². The maximum Gasteiger partial charge on any atom is 0.307 e. The van der Waals surface area contributed by atoms with Gasteiger partial charge in [0, 0.05) is 11.1 Å². The molecular formula is C13H18N2O3S. The number of carboxylic acid groups (broad SMARTS) is 1. The summed E-state index contributed by atoms with van der Waals surface area (Å²) in [7, 11) is 0. The quantitative estimate of drug-likeness (QED) is 0.885. The molecule has 0 aliphatic heterocycles. The number of nitrogens with one attached hydrogen (secondary N) is 1. The Balaban J connectivity index is 2.01. The Morgan fingerprint density at radius 1 is 1.47 bits per heavy atom. The fraction of sp³-hybridized carbons (Fsp3) is 0.615. The maximum absolute atomic E-state index is 12.1. The van der Waals surface area contributed by atoms with Crippen molar-refractivity contribution in [1.82, 2.24) is 10.3 Å². The van der Waals surface area contributed by atoms with E-state index in [2.05, 4.69) is 10.3 Å². The van der Waals surface area contributed by atoms with Gasteiger partial charge in [0.1, 0.15) is 5.01 Å². The molecule has 1 aliphatic carbocycles. The van der Waals surface area contributed by atoms with Gasteiger partial charge in [-0.25, -0.2) is 4.98 Å². The largest absolute Gasteiger partial charge is 0.481 e.